The minimum atomic E-state index is -0.0272. The zero-order valence-corrected chi connectivity index (χ0v) is 14.1. The van der Waals surface area contributed by atoms with Gasteiger partial charge in [0.2, 0.25) is 0 Å². The lowest BCUT2D eigenvalue weighted by Crippen LogP contribution is -2.29. The summed E-state index contributed by atoms with van der Waals surface area (Å²) < 4.78 is 0.709. The molecule has 1 aliphatic rings. The number of aromatic amines is 1. The SMILES string of the molecule is O=c1[nH]c(CN2CCC[C@@H]2/C=C/c2ccccc2)nc2ccsc12. The van der Waals surface area contributed by atoms with Gasteiger partial charge >= 0.3 is 0 Å². The lowest BCUT2D eigenvalue weighted by atomic mass is 10.1. The first-order valence-corrected chi connectivity index (χ1v) is 9.11. The summed E-state index contributed by atoms with van der Waals surface area (Å²) in [5.74, 6) is 0.755. The number of fused-ring (bicyclic) bond motifs is 1. The average Bonchev–Trinajstić information content (AvgIpc) is 3.23. The minimum Gasteiger partial charge on any atom is -0.308 e. The number of thiophene rings is 1. The Morgan fingerprint density at radius 3 is 3.04 bits per heavy atom. The summed E-state index contributed by atoms with van der Waals surface area (Å²) in [6.07, 6.45) is 6.77. The van der Waals surface area contributed by atoms with Gasteiger partial charge in [-0.15, -0.1) is 11.3 Å². The van der Waals surface area contributed by atoms with Crippen molar-refractivity contribution in [3.63, 3.8) is 0 Å². The third-order valence-corrected chi connectivity index (χ3v) is 5.34. The minimum absolute atomic E-state index is 0.0272. The molecular weight excluding hydrogens is 318 g/mol. The normalized spacial score (nSPS) is 18.8. The number of nitrogens with one attached hydrogen (secondary N) is 1. The second-order valence-electron chi connectivity index (χ2n) is 6.10. The van der Waals surface area contributed by atoms with E-state index >= 15 is 0 Å². The summed E-state index contributed by atoms with van der Waals surface area (Å²) in [6.45, 7) is 1.72. The van der Waals surface area contributed by atoms with Gasteiger partial charge in [0.1, 0.15) is 10.5 Å². The summed E-state index contributed by atoms with van der Waals surface area (Å²) in [6, 6.07) is 12.7. The Hall–Kier alpha value is -2.24. The third-order valence-electron chi connectivity index (χ3n) is 4.44. The molecule has 122 valence electrons. The Morgan fingerprint density at radius 2 is 2.17 bits per heavy atom. The standard InChI is InChI=1S/C19H19N3OS/c23-19-18-16(10-12-24-18)20-17(21-19)13-22-11-4-7-15(22)9-8-14-5-2-1-3-6-14/h1-3,5-6,8-10,12,15H,4,7,11,13H2,(H,20,21,23)/b9-8+/t15-/m1/s1. The van der Waals surface area contributed by atoms with Gasteiger partial charge in [-0.2, -0.15) is 0 Å². The van der Waals surface area contributed by atoms with E-state index in [-0.39, 0.29) is 5.56 Å². The Kier molecular flexibility index (Phi) is 4.28. The predicted octanol–water partition coefficient (Wildman–Crippen LogP) is 3.66. The van der Waals surface area contributed by atoms with E-state index in [0.29, 0.717) is 17.3 Å². The van der Waals surface area contributed by atoms with Gasteiger partial charge in [-0.3, -0.25) is 9.69 Å². The predicted molar refractivity (Wildman–Crippen MR) is 99.1 cm³/mol. The first kappa shape index (κ1) is 15.3. The van der Waals surface area contributed by atoms with E-state index in [2.05, 4.69) is 51.3 Å². The van der Waals surface area contributed by atoms with E-state index in [4.69, 9.17) is 0 Å². The Labute approximate surface area is 144 Å². The van der Waals surface area contributed by atoms with Gasteiger partial charge in [-0.05, 0) is 36.4 Å². The zero-order chi connectivity index (χ0) is 16.4. The number of rotatable bonds is 4. The number of aromatic nitrogens is 2. The van der Waals surface area contributed by atoms with Crippen molar-refractivity contribution >= 4 is 27.6 Å². The topological polar surface area (TPSA) is 49.0 Å². The zero-order valence-electron chi connectivity index (χ0n) is 13.3. The number of likely N-dealkylation sites (tertiary alicyclic amines) is 1. The molecule has 1 fully saturated rings. The number of hydrogen-bond donors (Lipinski definition) is 1. The van der Waals surface area contributed by atoms with Crippen molar-refractivity contribution in [3.05, 3.63) is 69.6 Å². The molecule has 1 aromatic carbocycles. The van der Waals surface area contributed by atoms with Gasteiger partial charge in [0.25, 0.3) is 5.56 Å². The van der Waals surface area contributed by atoms with Crippen molar-refractivity contribution in [2.45, 2.75) is 25.4 Å². The maximum Gasteiger partial charge on any atom is 0.268 e. The molecule has 4 rings (SSSR count). The molecule has 1 atom stereocenters. The first-order valence-electron chi connectivity index (χ1n) is 8.23. The summed E-state index contributed by atoms with van der Waals surface area (Å²) in [5.41, 5.74) is 1.99. The molecule has 3 aromatic rings. The highest BCUT2D eigenvalue weighted by molar-refractivity contribution is 7.17. The van der Waals surface area contributed by atoms with Crippen LogP contribution < -0.4 is 5.56 Å². The first-order chi connectivity index (χ1) is 11.8. The molecule has 0 unspecified atom stereocenters. The lowest BCUT2D eigenvalue weighted by Gasteiger charge is -2.21. The van der Waals surface area contributed by atoms with Crippen LogP contribution in [0.5, 0.6) is 0 Å². The lowest BCUT2D eigenvalue weighted by molar-refractivity contribution is 0.275. The van der Waals surface area contributed by atoms with Gasteiger partial charge in [0.05, 0.1) is 12.1 Å². The van der Waals surface area contributed by atoms with Crippen LogP contribution in [0.25, 0.3) is 16.3 Å². The summed E-state index contributed by atoms with van der Waals surface area (Å²) in [4.78, 5) is 22.0. The van der Waals surface area contributed by atoms with Crippen molar-refractivity contribution in [3.8, 4) is 0 Å². The van der Waals surface area contributed by atoms with Crippen LogP contribution >= 0.6 is 11.3 Å². The molecule has 0 radical (unpaired) electrons. The van der Waals surface area contributed by atoms with E-state index < -0.39 is 0 Å². The summed E-state index contributed by atoms with van der Waals surface area (Å²) >= 11 is 1.44. The summed E-state index contributed by atoms with van der Waals surface area (Å²) in [5, 5.41) is 1.91. The highest BCUT2D eigenvalue weighted by Crippen LogP contribution is 2.22. The van der Waals surface area contributed by atoms with Crippen LogP contribution in [0.2, 0.25) is 0 Å². The van der Waals surface area contributed by atoms with Crippen molar-refractivity contribution in [2.24, 2.45) is 0 Å². The maximum atomic E-state index is 12.1. The molecule has 0 aliphatic carbocycles. The quantitative estimate of drug-likeness (QED) is 0.790. The monoisotopic (exact) mass is 337 g/mol. The van der Waals surface area contributed by atoms with E-state index in [0.717, 1.165) is 24.3 Å². The van der Waals surface area contributed by atoms with E-state index in [1.165, 1.54) is 23.3 Å². The van der Waals surface area contributed by atoms with Crippen molar-refractivity contribution < 1.29 is 0 Å². The highest BCUT2D eigenvalue weighted by Gasteiger charge is 2.23. The Balaban J connectivity index is 1.52. The van der Waals surface area contributed by atoms with E-state index in [9.17, 15) is 4.79 Å². The van der Waals surface area contributed by atoms with E-state index in [1.54, 1.807) is 0 Å². The molecule has 4 nitrogen and oxygen atoms in total. The molecule has 1 aliphatic heterocycles. The molecule has 1 N–H and O–H groups in total. The fourth-order valence-corrected chi connectivity index (χ4v) is 3.97. The Morgan fingerprint density at radius 1 is 1.29 bits per heavy atom. The molecule has 0 bridgehead atoms. The van der Waals surface area contributed by atoms with Crippen LogP contribution in [-0.4, -0.2) is 27.5 Å². The molecular formula is C19H19N3OS. The van der Waals surface area contributed by atoms with E-state index in [1.807, 2.05) is 17.5 Å². The maximum absolute atomic E-state index is 12.1. The fourth-order valence-electron chi connectivity index (χ4n) is 3.24. The molecule has 3 heterocycles. The number of hydrogen-bond acceptors (Lipinski definition) is 4. The van der Waals surface area contributed by atoms with Gasteiger partial charge < -0.3 is 4.98 Å². The van der Waals surface area contributed by atoms with Crippen molar-refractivity contribution in [2.75, 3.05) is 6.54 Å². The summed E-state index contributed by atoms with van der Waals surface area (Å²) in [7, 11) is 0. The van der Waals surface area contributed by atoms with Crippen molar-refractivity contribution in [1.29, 1.82) is 0 Å². The second-order valence-corrected chi connectivity index (χ2v) is 7.01. The number of H-pyrrole nitrogens is 1. The number of nitrogens with zero attached hydrogens (tertiary/aromatic N) is 2. The smallest absolute Gasteiger partial charge is 0.268 e. The van der Waals surface area contributed by atoms with Crippen LogP contribution in [0.4, 0.5) is 0 Å². The molecule has 0 amide bonds. The molecule has 0 saturated carbocycles. The molecule has 24 heavy (non-hydrogen) atoms. The Bertz CT molecular complexity index is 913. The van der Waals surface area contributed by atoms with Gasteiger partial charge in [0, 0.05) is 6.04 Å². The second kappa shape index (κ2) is 6.71. The number of benzene rings is 1. The molecule has 2 aromatic heterocycles. The van der Waals surface area contributed by atoms with Gasteiger partial charge in [0.15, 0.2) is 0 Å². The van der Waals surface area contributed by atoms with Crippen LogP contribution in [0.1, 0.15) is 24.2 Å². The van der Waals surface area contributed by atoms with Crippen LogP contribution in [0.15, 0.2) is 52.6 Å². The molecule has 1 saturated heterocycles. The highest BCUT2D eigenvalue weighted by atomic mass is 32.1. The van der Waals surface area contributed by atoms with Gasteiger partial charge in [-0.1, -0.05) is 42.5 Å². The van der Waals surface area contributed by atoms with Crippen LogP contribution in [0.3, 0.4) is 0 Å². The van der Waals surface area contributed by atoms with Crippen molar-refractivity contribution in [1.82, 2.24) is 14.9 Å². The van der Waals surface area contributed by atoms with Crippen LogP contribution in [-0.2, 0) is 6.54 Å². The third kappa shape index (κ3) is 3.18. The van der Waals surface area contributed by atoms with Crippen LogP contribution in [0, 0.1) is 0 Å². The average molecular weight is 337 g/mol. The van der Waals surface area contributed by atoms with Gasteiger partial charge in [-0.25, -0.2) is 4.98 Å². The molecule has 5 heteroatoms. The largest absolute Gasteiger partial charge is 0.308 e. The fraction of sp³-hybridized carbons (Fsp3) is 0.263. The molecule has 0 spiro atoms.